The SMILES string of the molecule is N=C(N)SCc1cc(F)ccc1Sc1ccc([N+](=O)[O-])cc1COC(=S)NN. The van der Waals surface area contributed by atoms with E-state index in [1.54, 1.807) is 12.1 Å². The highest BCUT2D eigenvalue weighted by Crippen LogP contribution is 2.36. The second-order valence-corrected chi connectivity index (χ2v) is 7.75. The third kappa shape index (κ3) is 6.34. The predicted octanol–water partition coefficient (Wildman–Crippen LogP) is 3.28. The maximum Gasteiger partial charge on any atom is 0.271 e. The number of nitro groups is 1. The number of nitrogens with zero attached hydrogens (tertiary/aromatic N) is 1. The van der Waals surface area contributed by atoms with Crippen molar-refractivity contribution in [1.82, 2.24) is 5.43 Å². The minimum Gasteiger partial charge on any atom is -0.465 e. The summed E-state index contributed by atoms with van der Waals surface area (Å²) < 4.78 is 18.9. The summed E-state index contributed by atoms with van der Waals surface area (Å²) in [6.07, 6.45) is 0. The van der Waals surface area contributed by atoms with Crippen LogP contribution in [0.25, 0.3) is 0 Å². The number of benzene rings is 2. The molecule has 28 heavy (non-hydrogen) atoms. The van der Waals surface area contributed by atoms with Gasteiger partial charge in [0.2, 0.25) is 0 Å². The van der Waals surface area contributed by atoms with Crippen molar-refractivity contribution < 1.29 is 14.1 Å². The number of hydrogen-bond donors (Lipinski definition) is 4. The van der Waals surface area contributed by atoms with Gasteiger partial charge in [0, 0.05) is 33.2 Å². The average molecular weight is 442 g/mol. The lowest BCUT2D eigenvalue weighted by molar-refractivity contribution is -0.385. The molecule has 0 saturated carbocycles. The number of halogens is 1. The van der Waals surface area contributed by atoms with Crippen molar-refractivity contribution in [3.63, 3.8) is 0 Å². The molecule has 0 spiro atoms. The second kappa shape index (κ2) is 10.2. The van der Waals surface area contributed by atoms with Gasteiger partial charge in [-0.3, -0.25) is 20.9 Å². The van der Waals surface area contributed by atoms with Gasteiger partial charge in [-0.05, 0) is 42.0 Å². The molecule has 0 saturated heterocycles. The molecular formula is C16H16FN5O3S3. The summed E-state index contributed by atoms with van der Waals surface area (Å²) >= 11 is 7.20. The van der Waals surface area contributed by atoms with Gasteiger partial charge < -0.3 is 10.5 Å². The molecule has 0 unspecified atom stereocenters. The van der Waals surface area contributed by atoms with Gasteiger partial charge in [-0.1, -0.05) is 23.5 Å². The van der Waals surface area contributed by atoms with Crippen molar-refractivity contribution >= 4 is 51.8 Å². The second-order valence-electron chi connectivity index (χ2n) is 5.28. The Hall–Kier alpha value is -2.41. The topological polar surface area (TPSA) is 140 Å². The number of nitro benzene ring substituents is 1. The van der Waals surface area contributed by atoms with E-state index in [1.807, 2.05) is 0 Å². The smallest absolute Gasteiger partial charge is 0.271 e. The molecule has 0 aliphatic carbocycles. The van der Waals surface area contributed by atoms with Gasteiger partial charge in [0.25, 0.3) is 10.9 Å². The van der Waals surface area contributed by atoms with Gasteiger partial charge in [-0.25, -0.2) is 10.2 Å². The van der Waals surface area contributed by atoms with Gasteiger partial charge >= 0.3 is 0 Å². The highest BCUT2D eigenvalue weighted by molar-refractivity contribution is 8.13. The summed E-state index contributed by atoms with van der Waals surface area (Å²) in [5.74, 6) is 5.08. The number of hydrazine groups is 1. The number of thiocarbonyl (C=S) groups is 1. The van der Waals surface area contributed by atoms with E-state index >= 15 is 0 Å². The Morgan fingerprint density at radius 2 is 1.96 bits per heavy atom. The van der Waals surface area contributed by atoms with Crippen molar-refractivity contribution in [3.05, 3.63) is 63.5 Å². The molecule has 2 aromatic carbocycles. The Bertz CT molecular complexity index is 913. The van der Waals surface area contributed by atoms with Crippen LogP contribution < -0.4 is 17.0 Å². The lowest BCUT2D eigenvalue weighted by Crippen LogP contribution is -2.30. The van der Waals surface area contributed by atoms with Crippen LogP contribution in [-0.4, -0.2) is 15.3 Å². The van der Waals surface area contributed by atoms with Crippen LogP contribution in [0.5, 0.6) is 0 Å². The Balaban J connectivity index is 2.35. The number of nitrogens with two attached hydrogens (primary N) is 2. The standard InChI is InChI=1S/C16H16FN5O3S3/c17-11-1-3-14(10(5-11)8-27-15(18)19)28-13-4-2-12(22(23)24)6-9(13)7-25-16(26)21-20/h1-6H,7-8,20H2,(H3,18,19)(H,21,26). The summed E-state index contributed by atoms with van der Waals surface area (Å²) in [6.45, 7) is -0.0359. The van der Waals surface area contributed by atoms with Crippen LogP contribution in [0.3, 0.4) is 0 Å². The van der Waals surface area contributed by atoms with E-state index in [1.165, 1.54) is 36.0 Å². The van der Waals surface area contributed by atoms with E-state index in [0.29, 0.717) is 21.8 Å². The maximum absolute atomic E-state index is 13.6. The molecule has 0 atom stereocenters. The van der Waals surface area contributed by atoms with Gasteiger partial charge in [0.05, 0.1) is 4.92 Å². The Kier molecular flexibility index (Phi) is 7.99. The first-order chi connectivity index (χ1) is 13.3. The highest BCUT2D eigenvalue weighted by Gasteiger charge is 2.15. The molecule has 12 heteroatoms. The fourth-order valence-corrected chi connectivity index (χ4v) is 3.83. The number of thioether (sulfide) groups is 1. The molecule has 2 rings (SSSR count). The van der Waals surface area contributed by atoms with E-state index in [0.717, 1.165) is 16.7 Å². The number of non-ortho nitro benzene ring substituents is 1. The van der Waals surface area contributed by atoms with Crippen LogP contribution in [0, 0.1) is 21.3 Å². The normalized spacial score (nSPS) is 10.4. The van der Waals surface area contributed by atoms with Gasteiger partial charge in [-0.15, -0.1) is 0 Å². The minimum atomic E-state index is -0.510. The van der Waals surface area contributed by atoms with Crippen LogP contribution in [0.4, 0.5) is 10.1 Å². The first kappa shape index (κ1) is 21.9. The molecule has 0 bridgehead atoms. The molecule has 0 heterocycles. The molecule has 0 fully saturated rings. The van der Waals surface area contributed by atoms with Crippen LogP contribution in [0.2, 0.25) is 0 Å². The van der Waals surface area contributed by atoms with E-state index in [9.17, 15) is 14.5 Å². The predicted molar refractivity (Wildman–Crippen MR) is 112 cm³/mol. The molecular weight excluding hydrogens is 425 g/mol. The third-order valence-corrected chi connectivity index (χ3v) is 5.60. The zero-order chi connectivity index (χ0) is 20.7. The van der Waals surface area contributed by atoms with Crippen molar-refractivity contribution in [1.29, 1.82) is 5.41 Å². The molecule has 0 aliphatic rings. The number of amidine groups is 1. The fourth-order valence-electron chi connectivity index (χ4n) is 2.11. The van der Waals surface area contributed by atoms with Crippen LogP contribution >= 0.6 is 35.7 Å². The molecule has 2 aromatic rings. The molecule has 8 nitrogen and oxygen atoms in total. The maximum atomic E-state index is 13.6. The first-order valence-electron chi connectivity index (χ1n) is 7.64. The van der Waals surface area contributed by atoms with E-state index in [2.05, 4.69) is 5.43 Å². The number of ether oxygens (including phenoxy) is 1. The van der Waals surface area contributed by atoms with Gasteiger partial charge in [0.1, 0.15) is 12.4 Å². The number of nitrogens with one attached hydrogen (secondary N) is 2. The van der Waals surface area contributed by atoms with Crippen LogP contribution in [-0.2, 0) is 17.1 Å². The van der Waals surface area contributed by atoms with Crippen molar-refractivity contribution in [3.8, 4) is 0 Å². The monoisotopic (exact) mass is 441 g/mol. The van der Waals surface area contributed by atoms with E-state index < -0.39 is 10.7 Å². The number of rotatable bonds is 7. The quantitative estimate of drug-likeness (QED) is 0.127. The number of hydrogen-bond acceptors (Lipinski definition) is 8. The zero-order valence-corrected chi connectivity index (χ0v) is 16.8. The molecule has 0 aromatic heterocycles. The Morgan fingerprint density at radius 1 is 1.29 bits per heavy atom. The van der Waals surface area contributed by atoms with E-state index in [4.69, 9.17) is 33.9 Å². The first-order valence-corrected chi connectivity index (χ1v) is 9.85. The minimum absolute atomic E-state index is 0.0359. The average Bonchev–Trinajstić information content (AvgIpc) is 2.66. The Morgan fingerprint density at radius 3 is 2.61 bits per heavy atom. The molecule has 148 valence electrons. The summed E-state index contributed by atoms with van der Waals surface area (Å²) in [5, 5.41) is 18.3. The Labute approximate surface area is 173 Å². The van der Waals surface area contributed by atoms with Gasteiger partial charge in [0.15, 0.2) is 5.17 Å². The summed E-state index contributed by atoms with van der Waals surface area (Å²) in [7, 11) is 0. The lowest BCUT2D eigenvalue weighted by Gasteiger charge is -2.13. The van der Waals surface area contributed by atoms with Crippen molar-refractivity contribution in [2.45, 2.75) is 22.2 Å². The van der Waals surface area contributed by atoms with Crippen LogP contribution in [0.15, 0.2) is 46.2 Å². The van der Waals surface area contributed by atoms with Crippen molar-refractivity contribution in [2.75, 3.05) is 0 Å². The third-order valence-electron chi connectivity index (χ3n) is 3.36. The van der Waals surface area contributed by atoms with E-state index in [-0.39, 0.29) is 22.6 Å². The summed E-state index contributed by atoms with van der Waals surface area (Å²) in [5.41, 5.74) is 8.62. The van der Waals surface area contributed by atoms with Gasteiger partial charge in [-0.2, -0.15) is 0 Å². The highest BCUT2D eigenvalue weighted by atomic mass is 32.2. The zero-order valence-electron chi connectivity index (χ0n) is 14.3. The molecule has 6 N–H and O–H groups in total. The summed E-state index contributed by atoms with van der Waals surface area (Å²) in [4.78, 5) is 12.0. The molecule has 0 aliphatic heterocycles. The fraction of sp³-hybridized carbons (Fsp3) is 0.125. The molecule has 0 radical (unpaired) electrons. The van der Waals surface area contributed by atoms with Crippen LogP contribution in [0.1, 0.15) is 11.1 Å². The van der Waals surface area contributed by atoms with Crippen molar-refractivity contribution in [2.24, 2.45) is 11.6 Å². The summed E-state index contributed by atoms with van der Waals surface area (Å²) in [6, 6.07) is 8.64. The lowest BCUT2D eigenvalue weighted by atomic mass is 10.2. The molecule has 0 amide bonds. The largest absolute Gasteiger partial charge is 0.465 e.